The molecule has 0 spiro atoms. The number of pyridine rings is 1. The number of ether oxygens (including phenoxy) is 1. The highest BCUT2D eigenvalue weighted by Crippen LogP contribution is 2.12. The molecule has 3 aromatic rings. The van der Waals surface area contributed by atoms with Crippen molar-refractivity contribution >= 4 is 23.2 Å². The Morgan fingerprint density at radius 2 is 2.20 bits per heavy atom. The van der Waals surface area contributed by atoms with E-state index in [1.807, 2.05) is 53.1 Å². The largest absolute Gasteiger partial charge is 0.479 e. The van der Waals surface area contributed by atoms with E-state index < -0.39 is 12.1 Å². The maximum atomic E-state index is 10.8. The number of allylic oxidation sites excluding steroid dienone is 1. The van der Waals surface area contributed by atoms with Crippen molar-refractivity contribution in [3.63, 3.8) is 0 Å². The zero-order chi connectivity index (χ0) is 17.6. The third-order valence-electron chi connectivity index (χ3n) is 3.81. The van der Waals surface area contributed by atoms with Gasteiger partial charge in [-0.2, -0.15) is 0 Å². The number of hydrogen-bond acceptors (Lipinski definition) is 4. The normalized spacial score (nSPS) is 12.7. The van der Waals surface area contributed by atoms with Crippen LogP contribution in [0.2, 0.25) is 0 Å². The smallest absolute Gasteiger partial charge is 0.332 e. The molecule has 0 aliphatic carbocycles. The van der Waals surface area contributed by atoms with Crippen molar-refractivity contribution < 1.29 is 14.6 Å². The van der Waals surface area contributed by atoms with E-state index in [2.05, 4.69) is 9.97 Å². The molecule has 0 saturated carbocycles. The van der Waals surface area contributed by atoms with Gasteiger partial charge in [0.15, 0.2) is 11.8 Å². The molecule has 128 valence electrons. The zero-order valence-electron chi connectivity index (χ0n) is 13.9. The van der Waals surface area contributed by atoms with Gasteiger partial charge in [0.1, 0.15) is 0 Å². The van der Waals surface area contributed by atoms with E-state index in [9.17, 15) is 4.79 Å². The second-order valence-electron chi connectivity index (χ2n) is 5.68. The second kappa shape index (κ2) is 7.72. The minimum absolute atomic E-state index is 0.271. The van der Waals surface area contributed by atoms with Crippen LogP contribution in [0.5, 0.6) is 0 Å². The summed E-state index contributed by atoms with van der Waals surface area (Å²) in [6.07, 6.45) is 6.76. The lowest BCUT2D eigenvalue weighted by molar-refractivity contribution is -0.149. The third-order valence-corrected chi connectivity index (χ3v) is 3.81. The third kappa shape index (κ3) is 4.30. The number of nitrogens with zero attached hydrogens (tertiary/aromatic N) is 3. The molecule has 0 aliphatic rings. The fourth-order valence-electron chi connectivity index (χ4n) is 2.43. The topological polar surface area (TPSA) is 77.2 Å². The average Bonchev–Trinajstić information content (AvgIpc) is 3.03. The van der Waals surface area contributed by atoms with E-state index in [1.54, 1.807) is 12.5 Å². The van der Waals surface area contributed by atoms with Crippen LogP contribution in [0.25, 0.3) is 17.2 Å². The van der Waals surface area contributed by atoms with Crippen LogP contribution in [-0.2, 0) is 22.7 Å². The summed E-state index contributed by atoms with van der Waals surface area (Å²) in [5.41, 5.74) is 3.71. The van der Waals surface area contributed by atoms with E-state index in [0.717, 1.165) is 22.3 Å². The number of aliphatic carboxylic acids is 1. The Morgan fingerprint density at radius 3 is 3.04 bits per heavy atom. The predicted molar refractivity (Wildman–Crippen MR) is 94.9 cm³/mol. The molecule has 6 heteroatoms. The maximum absolute atomic E-state index is 10.8. The van der Waals surface area contributed by atoms with Crippen LogP contribution in [0.1, 0.15) is 18.1 Å². The number of hydrogen-bond donors (Lipinski definition) is 1. The molecule has 0 amide bonds. The van der Waals surface area contributed by atoms with Gasteiger partial charge < -0.3 is 14.4 Å². The molecular formula is C19H19N3O3. The first-order valence-electron chi connectivity index (χ1n) is 7.99. The zero-order valence-corrected chi connectivity index (χ0v) is 13.9. The standard InChI is InChI=1S/C19H19N3O3/c1-14(19(23)24)25-12-16-6-2-5-15(11-16)7-4-10-22-13-21-18-17(22)8-3-9-20-18/h2-9,11,13-14H,10,12H2,1H3,(H,23,24)/b7-4+/t14-/m0/s1. The molecule has 25 heavy (non-hydrogen) atoms. The molecule has 1 atom stereocenters. The number of imidazole rings is 1. The van der Waals surface area contributed by atoms with Gasteiger partial charge >= 0.3 is 5.97 Å². The van der Waals surface area contributed by atoms with E-state index in [0.29, 0.717) is 6.54 Å². The van der Waals surface area contributed by atoms with Gasteiger partial charge in [-0.3, -0.25) is 0 Å². The molecule has 0 saturated heterocycles. The van der Waals surface area contributed by atoms with Crippen LogP contribution in [0.4, 0.5) is 0 Å². The number of fused-ring (bicyclic) bond motifs is 1. The molecule has 1 N–H and O–H groups in total. The Bertz CT molecular complexity index is 902. The molecule has 0 fully saturated rings. The monoisotopic (exact) mass is 337 g/mol. The maximum Gasteiger partial charge on any atom is 0.332 e. The summed E-state index contributed by atoms with van der Waals surface area (Å²) in [6, 6.07) is 11.7. The van der Waals surface area contributed by atoms with Gasteiger partial charge in [-0.25, -0.2) is 14.8 Å². The van der Waals surface area contributed by atoms with E-state index in [4.69, 9.17) is 9.84 Å². The van der Waals surface area contributed by atoms with E-state index in [-0.39, 0.29) is 6.61 Å². The van der Waals surface area contributed by atoms with Gasteiger partial charge in [0.2, 0.25) is 0 Å². The molecule has 3 rings (SSSR count). The molecule has 0 radical (unpaired) electrons. The minimum Gasteiger partial charge on any atom is -0.479 e. The molecule has 1 aromatic carbocycles. The molecular weight excluding hydrogens is 318 g/mol. The SMILES string of the molecule is C[C@H](OCc1cccc(/C=C/Cn2cnc3ncccc32)c1)C(=O)O. The van der Waals surface area contributed by atoms with Gasteiger partial charge in [-0.15, -0.1) is 0 Å². The van der Waals surface area contributed by atoms with Gasteiger partial charge in [0.25, 0.3) is 0 Å². The lowest BCUT2D eigenvalue weighted by atomic mass is 10.1. The highest BCUT2D eigenvalue weighted by molar-refractivity contribution is 5.71. The van der Waals surface area contributed by atoms with Crippen molar-refractivity contribution in [2.45, 2.75) is 26.2 Å². The van der Waals surface area contributed by atoms with Crippen LogP contribution >= 0.6 is 0 Å². The molecule has 2 heterocycles. The average molecular weight is 337 g/mol. The Morgan fingerprint density at radius 1 is 1.32 bits per heavy atom. The van der Waals surface area contributed by atoms with Gasteiger partial charge in [-0.1, -0.05) is 30.4 Å². The molecule has 6 nitrogen and oxygen atoms in total. The molecule has 0 unspecified atom stereocenters. The van der Waals surface area contributed by atoms with Crippen molar-refractivity contribution in [1.82, 2.24) is 14.5 Å². The Kier molecular flexibility index (Phi) is 5.20. The summed E-state index contributed by atoms with van der Waals surface area (Å²) in [5, 5.41) is 8.85. The quantitative estimate of drug-likeness (QED) is 0.717. The summed E-state index contributed by atoms with van der Waals surface area (Å²) in [4.78, 5) is 19.3. The number of carboxylic acid groups (broad SMARTS) is 1. The van der Waals surface area contributed by atoms with Gasteiger partial charge in [0, 0.05) is 12.7 Å². The predicted octanol–water partition coefficient (Wildman–Crippen LogP) is 3.13. The Labute approximate surface area is 145 Å². The molecule has 2 aromatic heterocycles. The molecule has 0 bridgehead atoms. The lowest BCUT2D eigenvalue weighted by Crippen LogP contribution is -2.19. The van der Waals surface area contributed by atoms with E-state index in [1.165, 1.54) is 6.92 Å². The van der Waals surface area contributed by atoms with Crippen molar-refractivity contribution in [1.29, 1.82) is 0 Å². The molecule has 0 aliphatic heterocycles. The Balaban J connectivity index is 1.63. The van der Waals surface area contributed by atoms with Crippen LogP contribution in [0, 0.1) is 0 Å². The lowest BCUT2D eigenvalue weighted by Gasteiger charge is -2.08. The number of carbonyl (C=O) groups is 1. The van der Waals surface area contributed by atoms with Crippen LogP contribution in [-0.4, -0.2) is 31.7 Å². The summed E-state index contributed by atoms with van der Waals surface area (Å²) in [7, 11) is 0. The van der Waals surface area contributed by atoms with Crippen molar-refractivity contribution in [3.8, 4) is 0 Å². The van der Waals surface area contributed by atoms with Gasteiger partial charge in [-0.05, 0) is 36.2 Å². The number of aromatic nitrogens is 3. The van der Waals surface area contributed by atoms with Crippen molar-refractivity contribution in [2.75, 3.05) is 0 Å². The van der Waals surface area contributed by atoms with E-state index >= 15 is 0 Å². The number of carboxylic acids is 1. The fraction of sp³-hybridized carbons (Fsp3) is 0.211. The van der Waals surface area contributed by atoms with Gasteiger partial charge in [0.05, 0.1) is 18.5 Å². The minimum atomic E-state index is -0.960. The fourth-order valence-corrected chi connectivity index (χ4v) is 2.43. The number of benzene rings is 1. The summed E-state index contributed by atoms with van der Waals surface area (Å²) < 4.78 is 7.34. The van der Waals surface area contributed by atoms with Crippen LogP contribution in [0.15, 0.2) is 55.0 Å². The summed E-state index contributed by atoms with van der Waals surface area (Å²) in [6.45, 7) is 2.49. The van der Waals surface area contributed by atoms with Crippen LogP contribution < -0.4 is 0 Å². The van der Waals surface area contributed by atoms with Crippen molar-refractivity contribution in [2.24, 2.45) is 0 Å². The Hall–Kier alpha value is -2.99. The summed E-state index contributed by atoms with van der Waals surface area (Å²) >= 11 is 0. The first-order valence-corrected chi connectivity index (χ1v) is 7.99. The summed E-state index contributed by atoms with van der Waals surface area (Å²) in [5.74, 6) is -0.960. The first-order chi connectivity index (χ1) is 12.1. The van der Waals surface area contributed by atoms with Crippen molar-refractivity contribution in [3.05, 3.63) is 66.1 Å². The first kappa shape index (κ1) is 16.9. The second-order valence-corrected chi connectivity index (χ2v) is 5.68. The highest BCUT2D eigenvalue weighted by atomic mass is 16.5. The highest BCUT2D eigenvalue weighted by Gasteiger charge is 2.10. The number of rotatable bonds is 7. The van der Waals surface area contributed by atoms with Crippen LogP contribution in [0.3, 0.4) is 0 Å².